The standard InChI is InChI=1S/C21H24ClFN2/c1-5-25-20-11-19(23)15(10-18(20)14(2)12-21(25,3)4)13-24-17-8-6-16(22)7-9-17/h6-11,13-14H,5,12H2,1-4H3. The Kier molecular flexibility index (Phi) is 4.88. The number of aliphatic imine (C=N–C) groups is 1. The number of benzene rings is 2. The van der Waals surface area contributed by atoms with Crippen molar-refractivity contribution in [1.82, 2.24) is 0 Å². The van der Waals surface area contributed by atoms with Gasteiger partial charge in [0.15, 0.2) is 0 Å². The number of halogens is 2. The number of fused-ring (bicyclic) bond motifs is 1. The van der Waals surface area contributed by atoms with Gasteiger partial charge >= 0.3 is 0 Å². The van der Waals surface area contributed by atoms with Crippen LogP contribution in [0.5, 0.6) is 0 Å². The van der Waals surface area contributed by atoms with Crippen molar-refractivity contribution < 1.29 is 4.39 Å². The predicted molar refractivity (Wildman–Crippen MR) is 105 cm³/mol. The van der Waals surface area contributed by atoms with Crippen molar-refractivity contribution in [2.24, 2.45) is 4.99 Å². The maximum atomic E-state index is 14.7. The zero-order valence-corrected chi connectivity index (χ0v) is 15.9. The third-order valence-electron chi connectivity index (χ3n) is 5.00. The monoisotopic (exact) mass is 358 g/mol. The second kappa shape index (κ2) is 6.80. The molecule has 1 aliphatic rings. The highest BCUT2D eigenvalue weighted by molar-refractivity contribution is 6.30. The molecule has 2 aromatic rings. The predicted octanol–water partition coefficient (Wildman–Crippen LogP) is 6.34. The Balaban J connectivity index is 1.99. The molecule has 2 nitrogen and oxygen atoms in total. The zero-order chi connectivity index (χ0) is 18.2. The van der Waals surface area contributed by atoms with E-state index in [2.05, 4.69) is 37.6 Å². The molecule has 0 saturated heterocycles. The van der Waals surface area contributed by atoms with Gasteiger partial charge in [-0.1, -0.05) is 18.5 Å². The van der Waals surface area contributed by atoms with Gasteiger partial charge in [-0.3, -0.25) is 4.99 Å². The summed E-state index contributed by atoms with van der Waals surface area (Å²) in [6.07, 6.45) is 2.65. The molecular formula is C21H24ClFN2. The Labute approximate surface area is 154 Å². The van der Waals surface area contributed by atoms with Crippen LogP contribution in [-0.4, -0.2) is 18.3 Å². The summed E-state index contributed by atoms with van der Waals surface area (Å²) in [6, 6.07) is 10.8. The Morgan fingerprint density at radius 3 is 2.60 bits per heavy atom. The lowest BCUT2D eigenvalue weighted by Gasteiger charge is -2.47. The van der Waals surface area contributed by atoms with Gasteiger partial charge in [0.2, 0.25) is 0 Å². The van der Waals surface area contributed by atoms with Crippen molar-refractivity contribution in [2.75, 3.05) is 11.4 Å². The number of hydrogen-bond acceptors (Lipinski definition) is 2. The summed E-state index contributed by atoms with van der Waals surface area (Å²) in [5.74, 6) is 0.149. The maximum Gasteiger partial charge on any atom is 0.134 e. The smallest absolute Gasteiger partial charge is 0.134 e. The normalized spacial score (nSPS) is 19.3. The van der Waals surface area contributed by atoms with Crippen molar-refractivity contribution in [1.29, 1.82) is 0 Å². The molecule has 3 rings (SSSR count). The van der Waals surface area contributed by atoms with Gasteiger partial charge in [-0.25, -0.2) is 4.39 Å². The fourth-order valence-corrected chi connectivity index (χ4v) is 4.02. The molecule has 0 N–H and O–H groups in total. The van der Waals surface area contributed by atoms with Crippen LogP contribution < -0.4 is 4.90 Å². The molecule has 2 aromatic carbocycles. The average molecular weight is 359 g/mol. The van der Waals surface area contributed by atoms with E-state index in [0.717, 1.165) is 24.3 Å². The molecule has 0 fully saturated rings. The molecule has 0 radical (unpaired) electrons. The SMILES string of the molecule is CCN1c2cc(F)c(C=Nc3ccc(Cl)cc3)cc2C(C)CC1(C)C. The van der Waals surface area contributed by atoms with Gasteiger partial charge < -0.3 is 4.90 Å². The fraction of sp³-hybridized carbons (Fsp3) is 0.381. The summed E-state index contributed by atoms with van der Waals surface area (Å²) in [6.45, 7) is 9.65. The third-order valence-corrected chi connectivity index (χ3v) is 5.25. The van der Waals surface area contributed by atoms with Crippen LogP contribution in [0, 0.1) is 5.82 Å². The Morgan fingerprint density at radius 2 is 1.96 bits per heavy atom. The lowest BCUT2D eigenvalue weighted by molar-refractivity contribution is 0.380. The van der Waals surface area contributed by atoms with Gasteiger partial charge in [-0.05, 0) is 75.1 Å². The highest BCUT2D eigenvalue weighted by atomic mass is 35.5. The number of hydrogen-bond donors (Lipinski definition) is 0. The molecule has 0 bridgehead atoms. The number of nitrogens with zero attached hydrogens (tertiary/aromatic N) is 2. The lowest BCUT2D eigenvalue weighted by atomic mass is 9.79. The molecule has 25 heavy (non-hydrogen) atoms. The summed E-state index contributed by atoms with van der Waals surface area (Å²) >= 11 is 5.88. The lowest BCUT2D eigenvalue weighted by Crippen LogP contribution is -2.48. The Morgan fingerprint density at radius 1 is 1.28 bits per heavy atom. The topological polar surface area (TPSA) is 15.6 Å². The molecule has 0 spiro atoms. The molecule has 1 unspecified atom stereocenters. The van der Waals surface area contributed by atoms with Crippen molar-refractivity contribution in [3.8, 4) is 0 Å². The molecule has 4 heteroatoms. The first-order chi connectivity index (χ1) is 11.8. The van der Waals surface area contributed by atoms with E-state index in [-0.39, 0.29) is 11.4 Å². The van der Waals surface area contributed by atoms with Crippen molar-refractivity contribution in [2.45, 2.75) is 45.6 Å². The quantitative estimate of drug-likeness (QED) is 0.584. The van der Waals surface area contributed by atoms with E-state index in [1.54, 1.807) is 24.4 Å². The minimum atomic E-state index is -0.236. The van der Waals surface area contributed by atoms with Gasteiger partial charge in [-0.2, -0.15) is 0 Å². The van der Waals surface area contributed by atoms with Gasteiger partial charge in [0.05, 0.1) is 5.69 Å². The first kappa shape index (κ1) is 17.9. The highest BCUT2D eigenvalue weighted by Gasteiger charge is 2.36. The first-order valence-electron chi connectivity index (χ1n) is 8.72. The van der Waals surface area contributed by atoms with E-state index in [1.807, 2.05) is 18.2 Å². The molecule has 1 heterocycles. The van der Waals surface area contributed by atoms with Crippen LogP contribution in [0.25, 0.3) is 0 Å². The number of anilines is 1. The third kappa shape index (κ3) is 3.57. The molecule has 0 aliphatic carbocycles. The van der Waals surface area contributed by atoms with Crippen LogP contribution in [0.1, 0.15) is 51.2 Å². The zero-order valence-electron chi connectivity index (χ0n) is 15.2. The van der Waals surface area contributed by atoms with Gasteiger partial charge in [0.1, 0.15) is 5.82 Å². The molecule has 0 aromatic heterocycles. The van der Waals surface area contributed by atoms with E-state index in [1.165, 1.54) is 5.56 Å². The van der Waals surface area contributed by atoms with Gasteiger partial charge in [-0.15, -0.1) is 0 Å². The van der Waals surface area contributed by atoms with Gasteiger partial charge in [0, 0.05) is 34.6 Å². The molecule has 1 aliphatic heterocycles. The van der Waals surface area contributed by atoms with Gasteiger partial charge in [0.25, 0.3) is 0 Å². The minimum absolute atomic E-state index is 0.0342. The second-order valence-corrected chi connectivity index (χ2v) is 7.77. The Hall–Kier alpha value is -1.87. The molecule has 0 saturated carbocycles. The molecular weight excluding hydrogens is 335 g/mol. The summed E-state index contributed by atoms with van der Waals surface area (Å²) in [5.41, 5.74) is 3.52. The summed E-state index contributed by atoms with van der Waals surface area (Å²) in [5, 5.41) is 0.662. The van der Waals surface area contributed by atoms with Crippen molar-refractivity contribution in [3.05, 3.63) is 58.4 Å². The minimum Gasteiger partial charge on any atom is -0.366 e. The largest absolute Gasteiger partial charge is 0.366 e. The Bertz CT molecular complexity index is 796. The van der Waals surface area contributed by atoms with E-state index in [4.69, 9.17) is 11.6 Å². The van der Waals surface area contributed by atoms with E-state index in [0.29, 0.717) is 16.5 Å². The summed E-state index contributed by atoms with van der Waals surface area (Å²) in [4.78, 5) is 6.68. The van der Waals surface area contributed by atoms with Crippen LogP contribution in [0.2, 0.25) is 5.02 Å². The molecule has 0 amide bonds. The van der Waals surface area contributed by atoms with E-state index >= 15 is 0 Å². The molecule has 132 valence electrons. The summed E-state index contributed by atoms with van der Waals surface area (Å²) < 4.78 is 14.7. The maximum absolute atomic E-state index is 14.7. The number of rotatable bonds is 3. The van der Waals surface area contributed by atoms with Crippen molar-refractivity contribution >= 4 is 29.2 Å². The van der Waals surface area contributed by atoms with Crippen molar-refractivity contribution in [3.63, 3.8) is 0 Å². The van der Waals surface area contributed by atoms with E-state index < -0.39 is 0 Å². The van der Waals surface area contributed by atoms with Crippen LogP contribution >= 0.6 is 11.6 Å². The van der Waals surface area contributed by atoms with Crippen LogP contribution in [-0.2, 0) is 0 Å². The highest BCUT2D eigenvalue weighted by Crippen LogP contribution is 2.43. The second-order valence-electron chi connectivity index (χ2n) is 7.33. The molecule has 1 atom stereocenters. The fourth-order valence-electron chi connectivity index (χ4n) is 3.89. The van der Waals surface area contributed by atoms with Crippen LogP contribution in [0.4, 0.5) is 15.8 Å². The van der Waals surface area contributed by atoms with E-state index in [9.17, 15) is 4.39 Å². The average Bonchev–Trinajstić information content (AvgIpc) is 2.54. The summed E-state index contributed by atoms with van der Waals surface area (Å²) in [7, 11) is 0. The van der Waals surface area contributed by atoms with Crippen LogP contribution in [0.3, 0.4) is 0 Å². The first-order valence-corrected chi connectivity index (χ1v) is 9.10. The van der Waals surface area contributed by atoms with Crippen LogP contribution in [0.15, 0.2) is 41.4 Å².